The van der Waals surface area contributed by atoms with E-state index in [2.05, 4.69) is 5.32 Å². The molecule has 25 heavy (non-hydrogen) atoms. The van der Waals surface area contributed by atoms with Crippen LogP contribution in [0.15, 0.2) is 18.2 Å². The van der Waals surface area contributed by atoms with Crippen LogP contribution in [0.1, 0.15) is 44.1 Å². The molecule has 3 N–H and O–H groups in total. The SMILES string of the molecule is Cl.NC[C@H]1CC[C@@H](C(=O)NCC2(c3c(F)cccc3F)CCCC2)O1. The Balaban J connectivity index is 0.00000225. The fraction of sp³-hybridized carbons (Fsp3) is 0.611. The number of ether oxygens (including phenoxy) is 1. The molecule has 2 fully saturated rings. The Labute approximate surface area is 152 Å². The number of halogens is 3. The van der Waals surface area contributed by atoms with E-state index in [1.807, 2.05) is 0 Å². The predicted octanol–water partition coefficient (Wildman–Crippen LogP) is 2.82. The molecule has 1 aliphatic heterocycles. The van der Waals surface area contributed by atoms with Gasteiger partial charge in [-0.2, -0.15) is 0 Å². The van der Waals surface area contributed by atoms with Gasteiger partial charge in [-0.15, -0.1) is 12.4 Å². The minimum atomic E-state index is -0.670. The second-order valence-electron chi connectivity index (χ2n) is 6.86. The molecular formula is C18H25ClF2N2O2. The first-order chi connectivity index (χ1) is 11.6. The van der Waals surface area contributed by atoms with Crippen molar-refractivity contribution in [2.75, 3.05) is 13.1 Å². The van der Waals surface area contributed by atoms with Crippen LogP contribution in [0.3, 0.4) is 0 Å². The number of benzene rings is 1. The molecule has 1 aromatic carbocycles. The predicted molar refractivity (Wildman–Crippen MR) is 93.7 cm³/mol. The maximum atomic E-state index is 14.3. The summed E-state index contributed by atoms with van der Waals surface area (Å²) in [5, 5.41) is 2.87. The molecule has 3 rings (SSSR count). The summed E-state index contributed by atoms with van der Waals surface area (Å²) in [5.41, 5.74) is 5.00. The lowest BCUT2D eigenvalue weighted by molar-refractivity contribution is -0.132. The Morgan fingerprint density at radius 3 is 2.44 bits per heavy atom. The summed E-state index contributed by atoms with van der Waals surface area (Å²) in [6, 6.07) is 3.94. The van der Waals surface area contributed by atoms with Gasteiger partial charge in [-0.05, 0) is 37.8 Å². The van der Waals surface area contributed by atoms with E-state index in [1.165, 1.54) is 18.2 Å². The van der Waals surface area contributed by atoms with Gasteiger partial charge in [0.2, 0.25) is 5.91 Å². The van der Waals surface area contributed by atoms with Crippen LogP contribution < -0.4 is 11.1 Å². The van der Waals surface area contributed by atoms with Crippen molar-refractivity contribution in [3.05, 3.63) is 35.4 Å². The molecule has 4 nitrogen and oxygen atoms in total. The van der Waals surface area contributed by atoms with Gasteiger partial charge in [0, 0.05) is 24.1 Å². The Morgan fingerprint density at radius 2 is 1.88 bits per heavy atom. The zero-order valence-corrected chi connectivity index (χ0v) is 14.9. The van der Waals surface area contributed by atoms with Crippen molar-refractivity contribution in [1.29, 1.82) is 0 Å². The molecular weight excluding hydrogens is 350 g/mol. The van der Waals surface area contributed by atoms with Gasteiger partial charge in [0.1, 0.15) is 17.7 Å². The molecule has 0 bridgehead atoms. The van der Waals surface area contributed by atoms with Gasteiger partial charge in [-0.25, -0.2) is 8.78 Å². The minimum absolute atomic E-state index is 0. The van der Waals surface area contributed by atoms with E-state index in [0.29, 0.717) is 25.8 Å². The number of nitrogens with one attached hydrogen (secondary N) is 1. The van der Waals surface area contributed by atoms with Crippen LogP contribution in [0.25, 0.3) is 0 Å². The second-order valence-corrected chi connectivity index (χ2v) is 6.86. The van der Waals surface area contributed by atoms with Crippen LogP contribution in [0, 0.1) is 11.6 Å². The van der Waals surface area contributed by atoms with Crippen molar-refractivity contribution in [3.8, 4) is 0 Å². The molecule has 1 aliphatic carbocycles. The smallest absolute Gasteiger partial charge is 0.249 e. The molecule has 0 radical (unpaired) electrons. The average molecular weight is 375 g/mol. The van der Waals surface area contributed by atoms with Crippen LogP contribution in [0.4, 0.5) is 8.78 Å². The van der Waals surface area contributed by atoms with Crippen LogP contribution in [0.2, 0.25) is 0 Å². The van der Waals surface area contributed by atoms with Gasteiger partial charge in [0.05, 0.1) is 6.10 Å². The Kier molecular flexibility index (Phi) is 6.77. The largest absolute Gasteiger partial charge is 0.364 e. The maximum absolute atomic E-state index is 14.3. The van der Waals surface area contributed by atoms with E-state index >= 15 is 0 Å². The topological polar surface area (TPSA) is 64.4 Å². The summed E-state index contributed by atoms with van der Waals surface area (Å²) in [4.78, 5) is 12.3. The first-order valence-corrected chi connectivity index (χ1v) is 8.63. The van der Waals surface area contributed by atoms with Crippen molar-refractivity contribution >= 4 is 18.3 Å². The fourth-order valence-electron chi connectivity index (χ4n) is 4.01. The second kappa shape index (κ2) is 8.43. The summed E-state index contributed by atoms with van der Waals surface area (Å²) in [6.07, 6.45) is 3.95. The van der Waals surface area contributed by atoms with Crippen molar-refractivity contribution in [2.45, 2.75) is 56.1 Å². The van der Waals surface area contributed by atoms with E-state index in [0.717, 1.165) is 19.3 Å². The molecule has 1 heterocycles. The highest BCUT2D eigenvalue weighted by Gasteiger charge is 2.41. The molecule has 2 atom stereocenters. The summed E-state index contributed by atoms with van der Waals surface area (Å²) in [5.74, 6) is -1.29. The molecule has 1 saturated heterocycles. The lowest BCUT2D eigenvalue weighted by Gasteiger charge is -2.31. The Hall–Kier alpha value is -1.24. The van der Waals surface area contributed by atoms with Crippen molar-refractivity contribution in [3.63, 3.8) is 0 Å². The summed E-state index contributed by atoms with van der Waals surface area (Å²) >= 11 is 0. The van der Waals surface area contributed by atoms with Crippen LogP contribution in [-0.4, -0.2) is 31.2 Å². The Morgan fingerprint density at radius 1 is 1.24 bits per heavy atom. The first kappa shape index (κ1) is 20.1. The van der Waals surface area contributed by atoms with E-state index < -0.39 is 23.2 Å². The molecule has 0 aromatic heterocycles. The lowest BCUT2D eigenvalue weighted by atomic mass is 9.78. The lowest BCUT2D eigenvalue weighted by Crippen LogP contribution is -2.44. The standard InChI is InChI=1S/C18H24F2N2O2.ClH/c19-13-4-3-5-14(20)16(13)18(8-1-2-9-18)11-22-17(23)15-7-6-12(10-21)24-15;/h3-5,12,15H,1-2,6-11,21H2,(H,22,23);1H/t12-,15+;/m1./s1. The monoisotopic (exact) mass is 374 g/mol. The number of carbonyl (C=O) groups is 1. The molecule has 1 aromatic rings. The summed E-state index contributed by atoms with van der Waals surface area (Å²) in [7, 11) is 0. The summed E-state index contributed by atoms with van der Waals surface area (Å²) in [6.45, 7) is 0.630. The van der Waals surface area contributed by atoms with Gasteiger partial charge in [0.25, 0.3) is 0 Å². The van der Waals surface area contributed by atoms with Crippen molar-refractivity contribution < 1.29 is 18.3 Å². The number of hydrogen-bond acceptors (Lipinski definition) is 3. The zero-order chi connectivity index (χ0) is 17.2. The number of carbonyl (C=O) groups excluding carboxylic acids is 1. The summed E-state index contributed by atoms with van der Waals surface area (Å²) < 4.78 is 34.1. The van der Waals surface area contributed by atoms with Crippen molar-refractivity contribution in [2.24, 2.45) is 5.73 Å². The Bertz CT molecular complexity index is 588. The molecule has 0 spiro atoms. The van der Waals surface area contributed by atoms with E-state index in [1.54, 1.807) is 0 Å². The number of rotatable bonds is 5. The molecule has 7 heteroatoms. The van der Waals surface area contributed by atoms with Gasteiger partial charge >= 0.3 is 0 Å². The van der Waals surface area contributed by atoms with E-state index in [-0.39, 0.29) is 36.5 Å². The van der Waals surface area contributed by atoms with Crippen LogP contribution in [-0.2, 0) is 14.9 Å². The number of amides is 1. The van der Waals surface area contributed by atoms with Gasteiger partial charge in [-0.1, -0.05) is 18.9 Å². The third-order valence-electron chi connectivity index (χ3n) is 5.32. The average Bonchev–Trinajstić information content (AvgIpc) is 3.22. The highest BCUT2D eigenvalue weighted by molar-refractivity contribution is 5.85. The fourth-order valence-corrected chi connectivity index (χ4v) is 4.01. The number of nitrogens with two attached hydrogens (primary N) is 1. The molecule has 1 amide bonds. The highest BCUT2D eigenvalue weighted by Crippen LogP contribution is 2.42. The maximum Gasteiger partial charge on any atom is 0.249 e. The molecule has 2 aliphatic rings. The third kappa shape index (κ3) is 4.13. The van der Waals surface area contributed by atoms with Gasteiger partial charge in [-0.3, -0.25) is 4.79 Å². The molecule has 140 valence electrons. The quantitative estimate of drug-likeness (QED) is 0.833. The van der Waals surface area contributed by atoms with Gasteiger partial charge < -0.3 is 15.8 Å². The highest BCUT2D eigenvalue weighted by atomic mass is 35.5. The molecule has 1 saturated carbocycles. The van der Waals surface area contributed by atoms with Gasteiger partial charge in [0.15, 0.2) is 0 Å². The first-order valence-electron chi connectivity index (χ1n) is 8.63. The minimum Gasteiger partial charge on any atom is -0.364 e. The zero-order valence-electron chi connectivity index (χ0n) is 14.1. The molecule has 0 unspecified atom stereocenters. The third-order valence-corrected chi connectivity index (χ3v) is 5.32. The number of hydrogen-bond donors (Lipinski definition) is 2. The van der Waals surface area contributed by atoms with E-state index in [4.69, 9.17) is 10.5 Å². The van der Waals surface area contributed by atoms with Crippen LogP contribution >= 0.6 is 12.4 Å². The van der Waals surface area contributed by atoms with Crippen LogP contribution in [0.5, 0.6) is 0 Å². The van der Waals surface area contributed by atoms with E-state index in [9.17, 15) is 13.6 Å². The normalized spacial score (nSPS) is 24.8. The van der Waals surface area contributed by atoms with Crippen molar-refractivity contribution in [1.82, 2.24) is 5.32 Å².